The second-order valence-corrected chi connectivity index (χ2v) is 7.25. The number of rotatable bonds is 4. The fraction of sp³-hybridized carbons (Fsp3) is 0.308. The first-order valence-electron chi connectivity index (χ1n) is 5.95. The zero-order valence-electron chi connectivity index (χ0n) is 10.9. The Balaban J connectivity index is 2.31. The van der Waals surface area contributed by atoms with Crippen molar-refractivity contribution >= 4 is 57.6 Å². The van der Waals surface area contributed by atoms with Gasteiger partial charge >= 0.3 is 5.97 Å². The van der Waals surface area contributed by atoms with E-state index in [1.165, 1.54) is 16.2 Å². The van der Waals surface area contributed by atoms with Gasteiger partial charge in [0.1, 0.15) is 10.4 Å². The quantitative estimate of drug-likeness (QED) is 0.680. The summed E-state index contributed by atoms with van der Waals surface area (Å²) < 4.78 is 0.305. The maximum absolute atomic E-state index is 12.4. The highest BCUT2D eigenvalue weighted by molar-refractivity contribution is 8.26. The highest BCUT2D eigenvalue weighted by atomic mass is 32.2. The summed E-state index contributed by atoms with van der Waals surface area (Å²) in [6.45, 7) is 3.53. The van der Waals surface area contributed by atoms with Crippen LogP contribution in [0.5, 0.6) is 0 Å². The molecule has 1 fully saturated rings. The van der Waals surface area contributed by atoms with Gasteiger partial charge in [0.2, 0.25) is 0 Å². The van der Waals surface area contributed by atoms with Crippen LogP contribution >= 0.6 is 35.3 Å². The van der Waals surface area contributed by atoms with Gasteiger partial charge in [-0.25, -0.2) is 4.79 Å². The Morgan fingerprint density at radius 1 is 1.50 bits per heavy atom. The van der Waals surface area contributed by atoms with Crippen LogP contribution in [0.1, 0.15) is 18.7 Å². The number of hydrogen-bond acceptors (Lipinski definition) is 5. The molecule has 4 nitrogen and oxygen atoms in total. The van der Waals surface area contributed by atoms with Gasteiger partial charge in [0, 0.05) is 4.88 Å². The normalized spacial score (nSPS) is 19.1. The summed E-state index contributed by atoms with van der Waals surface area (Å²) in [6, 6.07) is 2.87. The minimum absolute atomic E-state index is 0.212. The number of carboxylic acid groups (broad SMARTS) is 1. The van der Waals surface area contributed by atoms with E-state index in [4.69, 9.17) is 12.2 Å². The number of nitrogens with zero attached hydrogens (tertiary/aromatic N) is 1. The minimum atomic E-state index is -1.03. The molecule has 20 heavy (non-hydrogen) atoms. The smallest absolute Gasteiger partial charge is 0.327 e. The van der Waals surface area contributed by atoms with E-state index in [2.05, 4.69) is 0 Å². The van der Waals surface area contributed by atoms with Crippen LogP contribution < -0.4 is 0 Å². The Kier molecular flexibility index (Phi) is 4.62. The number of thiocarbonyl (C=S) groups is 1. The third kappa shape index (κ3) is 2.94. The largest absolute Gasteiger partial charge is 0.480 e. The number of thioether (sulfide) groups is 1. The lowest BCUT2D eigenvalue weighted by Crippen LogP contribution is -2.47. The number of carbonyl (C=O) groups excluding carboxylic acids is 1. The van der Waals surface area contributed by atoms with Crippen LogP contribution in [-0.2, 0) is 9.59 Å². The van der Waals surface area contributed by atoms with Crippen molar-refractivity contribution in [2.75, 3.05) is 0 Å². The van der Waals surface area contributed by atoms with Crippen molar-refractivity contribution in [3.05, 3.63) is 27.3 Å². The zero-order valence-corrected chi connectivity index (χ0v) is 13.3. The fourth-order valence-corrected chi connectivity index (χ4v) is 3.97. The van der Waals surface area contributed by atoms with Crippen LogP contribution in [0, 0.1) is 5.92 Å². The van der Waals surface area contributed by atoms with Gasteiger partial charge < -0.3 is 5.11 Å². The van der Waals surface area contributed by atoms with Gasteiger partial charge in [-0.2, -0.15) is 0 Å². The Morgan fingerprint density at radius 2 is 2.20 bits per heavy atom. The van der Waals surface area contributed by atoms with E-state index in [-0.39, 0.29) is 11.8 Å². The number of amides is 1. The van der Waals surface area contributed by atoms with Crippen molar-refractivity contribution in [3.63, 3.8) is 0 Å². The summed E-state index contributed by atoms with van der Waals surface area (Å²) in [6.07, 6.45) is 1.75. The molecule has 1 aromatic heterocycles. The van der Waals surface area contributed by atoms with Crippen LogP contribution in [0.15, 0.2) is 22.4 Å². The monoisotopic (exact) mass is 327 g/mol. The van der Waals surface area contributed by atoms with Crippen molar-refractivity contribution in [2.24, 2.45) is 5.92 Å². The van der Waals surface area contributed by atoms with Crippen LogP contribution in [-0.4, -0.2) is 32.2 Å². The Hall–Kier alpha value is -1.18. The molecule has 1 N–H and O–H groups in total. The zero-order chi connectivity index (χ0) is 14.9. The van der Waals surface area contributed by atoms with E-state index < -0.39 is 12.0 Å². The number of hydrogen-bond donors (Lipinski definition) is 1. The topological polar surface area (TPSA) is 57.6 Å². The predicted molar refractivity (Wildman–Crippen MR) is 85.6 cm³/mol. The molecule has 106 valence electrons. The average Bonchev–Trinajstić information content (AvgIpc) is 2.93. The molecule has 0 saturated carbocycles. The second-order valence-electron chi connectivity index (χ2n) is 4.59. The molecule has 1 atom stereocenters. The molecule has 0 aromatic carbocycles. The van der Waals surface area contributed by atoms with Gasteiger partial charge in [-0.3, -0.25) is 9.69 Å². The summed E-state index contributed by atoms with van der Waals surface area (Å²) in [5, 5.41) is 11.2. The van der Waals surface area contributed by atoms with Gasteiger partial charge in [0.15, 0.2) is 0 Å². The van der Waals surface area contributed by atoms with Crippen LogP contribution in [0.4, 0.5) is 0 Å². The molecule has 0 spiro atoms. The first-order valence-corrected chi connectivity index (χ1v) is 8.05. The van der Waals surface area contributed by atoms with E-state index in [0.717, 1.165) is 16.6 Å². The van der Waals surface area contributed by atoms with Crippen molar-refractivity contribution in [3.8, 4) is 0 Å². The second kappa shape index (κ2) is 6.07. The summed E-state index contributed by atoms with van der Waals surface area (Å²) in [7, 11) is 0. The first kappa shape index (κ1) is 15.2. The third-order valence-corrected chi connectivity index (χ3v) is 4.95. The van der Waals surface area contributed by atoms with Gasteiger partial charge in [-0.05, 0) is 23.4 Å². The molecular weight excluding hydrogens is 314 g/mol. The average molecular weight is 327 g/mol. The Bertz CT molecular complexity index is 578. The van der Waals surface area contributed by atoms with Gasteiger partial charge in [0.25, 0.3) is 5.91 Å². The SMILES string of the molecule is CC(C)C(C(=O)O)N1C(=O)C(=Cc2cccs2)SC1=S. The van der Waals surface area contributed by atoms with E-state index in [1.807, 2.05) is 17.5 Å². The molecule has 2 rings (SSSR count). The molecule has 1 amide bonds. The van der Waals surface area contributed by atoms with Crippen molar-refractivity contribution in [1.29, 1.82) is 0 Å². The lowest BCUT2D eigenvalue weighted by Gasteiger charge is -2.26. The molecule has 1 aliphatic rings. The molecule has 1 unspecified atom stereocenters. The number of carboxylic acids is 1. The predicted octanol–water partition coefficient (Wildman–Crippen LogP) is 3.06. The van der Waals surface area contributed by atoms with Crippen molar-refractivity contribution < 1.29 is 14.7 Å². The molecule has 1 aromatic rings. The maximum Gasteiger partial charge on any atom is 0.327 e. The summed E-state index contributed by atoms with van der Waals surface area (Å²) in [4.78, 5) is 26.4. The molecule has 0 aliphatic carbocycles. The van der Waals surface area contributed by atoms with Crippen LogP contribution in [0.2, 0.25) is 0 Å². The van der Waals surface area contributed by atoms with E-state index in [9.17, 15) is 14.7 Å². The van der Waals surface area contributed by atoms with Crippen LogP contribution in [0.25, 0.3) is 6.08 Å². The highest BCUT2D eigenvalue weighted by Crippen LogP contribution is 2.35. The number of thiophene rings is 1. The lowest BCUT2D eigenvalue weighted by atomic mass is 10.0. The van der Waals surface area contributed by atoms with Gasteiger partial charge in [0.05, 0.1) is 4.91 Å². The highest BCUT2D eigenvalue weighted by Gasteiger charge is 2.41. The maximum atomic E-state index is 12.4. The Labute approximate surface area is 130 Å². The minimum Gasteiger partial charge on any atom is -0.480 e. The molecule has 1 aliphatic heterocycles. The van der Waals surface area contributed by atoms with E-state index >= 15 is 0 Å². The number of aliphatic carboxylic acids is 1. The van der Waals surface area contributed by atoms with Crippen molar-refractivity contribution in [1.82, 2.24) is 4.90 Å². The summed E-state index contributed by atoms with van der Waals surface area (Å²) >= 11 is 7.84. The Morgan fingerprint density at radius 3 is 2.70 bits per heavy atom. The van der Waals surface area contributed by atoms with Crippen LogP contribution in [0.3, 0.4) is 0 Å². The molecule has 2 heterocycles. The van der Waals surface area contributed by atoms with E-state index in [0.29, 0.717) is 9.23 Å². The standard InChI is InChI=1S/C13H13NO3S3/c1-7(2)10(12(16)17)14-11(15)9(20-13(14)18)6-8-4-3-5-19-8/h3-7,10H,1-2H3,(H,16,17). The van der Waals surface area contributed by atoms with Gasteiger partial charge in [-0.1, -0.05) is 43.9 Å². The molecule has 0 bridgehead atoms. The number of carbonyl (C=O) groups is 2. The lowest BCUT2D eigenvalue weighted by molar-refractivity contribution is -0.146. The van der Waals surface area contributed by atoms with Crippen molar-refractivity contribution in [2.45, 2.75) is 19.9 Å². The summed E-state index contributed by atoms with van der Waals surface area (Å²) in [5.41, 5.74) is 0. The molecule has 0 radical (unpaired) electrons. The first-order chi connectivity index (χ1) is 9.41. The van der Waals surface area contributed by atoms with E-state index in [1.54, 1.807) is 19.9 Å². The summed E-state index contributed by atoms with van der Waals surface area (Å²) in [5.74, 6) is -1.57. The van der Waals surface area contributed by atoms with Gasteiger partial charge in [-0.15, -0.1) is 11.3 Å². The third-order valence-electron chi connectivity index (χ3n) is 2.80. The fourth-order valence-electron chi connectivity index (χ4n) is 1.92. The molecule has 1 saturated heterocycles. The molecular formula is C13H13NO3S3. The molecule has 7 heteroatoms.